The van der Waals surface area contributed by atoms with Crippen molar-refractivity contribution in [1.29, 1.82) is 0 Å². The maximum atomic E-state index is 12.4. The highest BCUT2D eigenvalue weighted by atomic mass is 127. The Morgan fingerprint density at radius 2 is 2.04 bits per heavy atom. The molecule has 1 aromatic heterocycles. The third-order valence-corrected chi connectivity index (χ3v) is 3.45. The summed E-state index contributed by atoms with van der Waals surface area (Å²) in [6.45, 7) is 1.11. The van der Waals surface area contributed by atoms with Crippen LogP contribution in [0.3, 0.4) is 0 Å². The van der Waals surface area contributed by atoms with Crippen molar-refractivity contribution >= 4 is 29.9 Å². The van der Waals surface area contributed by atoms with E-state index in [0.717, 1.165) is 11.3 Å². The Morgan fingerprint density at radius 3 is 2.70 bits per heavy atom. The number of halogens is 4. The molecule has 0 bridgehead atoms. The van der Waals surface area contributed by atoms with Crippen LogP contribution < -0.4 is 15.8 Å². The van der Waals surface area contributed by atoms with E-state index < -0.39 is 12.8 Å². The monoisotopic (exact) mass is 494 g/mol. The second-order valence-corrected chi connectivity index (χ2v) is 5.71. The van der Waals surface area contributed by atoms with Gasteiger partial charge in [0.2, 0.25) is 0 Å². The molecule has 0 aliphatic carbocycles. The van der Waals surface area contributed by atoms with Crippen LogP contribution in [0.2, 0.25) is 0 Å². The number of hydrogen-bond acceptors (Lipinski definition) is 3. The van der Waals surface area contributed by atoms with E-state index in [-0.39, 0.29) is 42.2 Å². The zero-order valence-electron chi connectivity index (χ0n) is 14.8. The number of ether oxygens (including phenoxy) is 1. The molecular weight excluding hydrogens is 472 g/mol. The van der Waals surface area contributed by atoms with Crippen LogP contribution in [0.25, 0.3) is 0 Å². The molecule has 27 heavy (non-hydrogen) atoms. The van der Waals surface area contributed by atoms with Crippen LogP contribution in [0.5, 0.6) is 5.75 Å². The number of benzene rings is 1. The fraction of sp³-hybridized carbons (Fsp3) is 0.333. The molecule has 5 nitrogen and oxygen atoms in total. The predicted octanol–water partition coefficient (Wildman–Crippen LogP) is 3.60. The molecule has 0 fully saturated rings. The molecule has 0 radical (unpaired) electrons. The van der Waals surface area contributed by atoms with Gasteiger partial charge in [-0.2, -0.15) is 13.2 Å². The van der Waals surface area contributed by atoms with Crippen LogP contribution in [0.15, 0.2) is 47.6 Å². The molecule has 0 saturated carbocycles. The van der Waals surface area contributed by atoms with E-state index in [0.29, 0.717) is 18.5 Å². The van der Waals surface area contributed by atoms with Crippen molar-refractivity contribution in [2.45, 2.75) is 26.1 Å². The van der Waals surface area contributed by atoms with Crippen molar-refractivity contribution in [2.24, 2.45) is 10.7 Å². The number of aryl methyl sites for hydroxylation is 1. The molecule has 0 amide bonds. The Kier molecular flexibility index (Phi) is 9.33. The Hall–Kier alpha value is -2.04. The highest BCUT2D eigenvalue weighted by molar-refractivity contribution is 14.0. The SMILES string of the molecule is Cc1ccc(CN=C(N)NCCc2ccccn2)c(OCC(F)(F)F)c1.I. The van der Waals surface area contributed by atoms with Crippen LogP contribution in [-0.2, 0) is 13.0 Å². The largest absolute Gasteiger partial charge is 0.484 e. The lowest BCUT2D eigenvalue weighted by Crippen LogP contribution is -2.33. The Balaban J connectivity index is 0.00000364. The van der Waals surface area contributed by atoms with Crippen LogP contribution in [0.1, 0.15) is 16.8 Å². The predicted molar refractivity (Wildman–Crippen MR) is 109 cm³/mol. The summed E-state index contributed by atoms with van der Waals surface area (Å²) in [6.07, 6.45) is -2.00. The van der Waals surface area contributed by atoms with Gasteiger partial charge in [-0.1, -0.05) is 18.2 Å². The molecule has 2 rings (SSSR count). The van der Waals surface area contributed by atoms with Gasteiger partial charge in [0.25, 0.3) is 0 Å². The lowest BCUT2D eigenvalue weighted by Gasteiger charge is -2.13. The third kappa shape index (κ3) is 8.94. The fourth-order valence-corrected chi connectivity index (χ4v) is 2.18. The Labute approximate surface area is 173 Å². The van der Waals surface area contributed by atoms with Gasteiger partial charge in [0, 0.05) is 30.4 Å². The van der Waals surface area contributed by atoms with Gasteiger partial charge < -0.3 is 15.8 Å². The minimum atomic E-state index is -4.39. The molecule has 0 aliphatic rings. The van der Waals surface area contributed by atoms with E-state index >= 15 is 0 Å². The smallest absolute Gasteiger partial charge is 0.422 e. The molecule has 3 N–H and O–H groups in total. The van der Waals surface area contributed by atoms with Gasteiger partial charge in [-0.3, -0.25) is 4.98 Å². The molecule has 148 valence electrons. The molecule has 0 spiro atoms. The van der Waals surface area contributed by atoms with E-state index in [1.54, 1.807) is 31.3 Å². The summed E-state index contributed by atoms with van der Waals surface area (Å²) >= 11 is 0. The second kappa shape index (κ2) is 11.0. The average molecular weight is 494 g/mol. The van der Waals surface area contributed by atoms with Crippen molar-refractivity contribution in [3.63, 3.8) is 0 Å². The maximum Gasteiger partial charge on any atom is 0.422 e. The number of aliphatic imine (C=N–C) groups is 1. The van der Waals surface area contributed by atoms with Crippen molar-refractivity contribution in [2.75, 3.05) is 13.2 Å². The molecule has 0 saturated heterocycles. The number of rotatable bonds is 7. The number of nitrogens with one attached hydrogen (secondary N) is 1. The van der Waals surface area contributed by atoms with Crippen molar-refractivity contribution < 1.29 is 17.9 Å². The van der Waals surface area contributed by atoms with Gasteiger partial charge >= 0.3 is 6.18 Å². The highest BCUT2D eigenvalue weighted by Gasteiger charge is 2.28. The van der Waals surface area contributed by atoms with Crippen LogP contribution >= 0.6 is 24.0 Å². The molecule has 0 aliphatic heterocycles. The molecule has 9 heteroatoms. The maximum absolute atomic E-state index is 12.4. The number of pyridine rings is 1. The molecule has 0 unspecified atom stereocenters. The summed E-state index contributed by atoms with van der Waals surface area (Å²) in [4.78, 5) is 8.36. The summed E-state index contributed by atoms with van der Waals surface area (Å²) in [7, 11) is 0. The van der Waals surface area contributed by atoms with E-state index in [4.69, 9.17) is 10.5 Å². The van der Waals surface area contributed by atoms with Crippen LogP contribution in [0.4, 0.5) is 13.2 Å². The highest BCUT2D eigenvalue weighted by Crippen LogP contribution is 2.24. The van der Waals surface area contributed by atoms with Crippen LogP contribution in [0, 0.1) is 6.92 Å². The number of nitrogens with two attached hydrogens (primary N) is 1. The summed E-state index contributed by atoms with van der Waals surface area (Å²) in [5.41, 5.74) is 8.07. The summed E-state index contributed by atoms with van der Waals surface area (Å²) in [6, 6.07) is 10.7. The fourth-order valence-electron chi connectivity index (χ4n) is 2.18. The first-order valence-electron chi connectivity index (χ1n) is 8.06. The number of alkyl halides is 3. The van der Waals surface area contributed by atoms with E-state index in [1.165, 1.54) is 0 Å². The number of guanidine groups is 1. The van der Waals surface area contributed by atoms with E-state index in [2.05, 4.69) is 15.3 Å². The molecular formula is C18H22F3IN4O. The topological polar surface area (TPSA) is 72.5 Å². The minimum Gasteiger partial charge on any atom is -0.484 e. The summed E-state index contributed by atoms with van der Waals surface area (Å²) < 4.78 is 42.0. The average Bonchev–Trinajstić information content (AvgIpc) is 2.59. The number of hydrogen-bond donors (Lipinski definition) is 2. The summed E-state index contributed by atoms with van der Waals surface area (Å²) in [5.74, 6) is 0.371. The zero-order chi connectivity index (χ0) is 19.0. The number of aromatic nitrogens is 1. The minimum absolute atomic E-state index is 0. The molecule has 0 atom stereocenters. The first-order valence-corrected chi connectivity index (χ1v) is 8.06. The Morgan fingerprint density at radius 1 is 1.26 bits per heavy atom. The second-order valence-electron chi connectivity index (χ2n) is 5.71. The van der Waals surface area contributed by atoms with Gasteiger partial charge in [0.15, 0.2) is 12.6 Å². The van der Waals surface area contributed by atoms with Crippen LogP contribution in [-0.4, -0.2) is 30.3 Å². The van der Waals surface area contributed by atoms with Crippen molar-refractivity contribution in [1.82, 2.24) is 10.3 Å². The summed E-state index contributed by atoms with van der Waals surface area (Å²) in [5, 5.41) is 2.96. The van der Waals surface area contributed by atoms with E-state index in [1.807, 2.05) is 18.2 Å². The first kappa shape index (κ1) is 23.0. The quantitative estimate of drug-likeness (QED) is 0.351. The molecule has 1 aromatic carbocycles. The zero-order valence-corrected chi connectivity index (χ0v) is 17.1. The normalized spacial score (nSPS) is 11.6. The lowest BCUT2D eigenvalue weighted by molar-refractivity contribution is -0.153. The van der Waals surface area contributed by atoms with Crippen molar-refractivity contribution in [3.05, 3.63) is 59.4 Å². The Bertz CT molecular complexity index is 739. The standard InChI is InChI=1S/C18H21F3N4O.HI/c1-13-5-6-14(16(10-13)26-12-18(19,20)21)11-25-17(22)24-9-7-15-4-2-3-8-23-15;/h2-6,8,10H,7,9,11-12H2,1H3,(H3,22,24,25);1H. The van der Waals surface area contributed by atoms with Gasteiger partial charge in [-0.15, -0.1) is 24.0 Å². The van der Waals surface area contributed by atoms with Gasteiger partial charge in [0.05, 0.1) is 6.54 Å². The molecule has 1 heterocycles. The van der Waals surface area contributed by atoms with Gasteiger partial charge in [-0.25, -0.2) is 4.99 Å². The third-order valence-electron chi connectivity index (χ3n) is 3.45. The van der Waals surface area contributed by atoms with E-state index in [9.17, 15) is 13.2 Å². The number of nitrogens with zero attached hydrogens (tertiary/aromatic N) is 2. The van der Waals surface area contributed by atoms with Gasteiger partial charge in [0.1, 0.15) is 5.75 Å². The first-order chi connectivity index (χ1) is 12.3. The van der Waals surface area contributed by atoms with Crippen molar-refractivity contribution in [3.8, 4) is 5.75 Å². The molecule has 2 aromatic rings. The van der Waals surface area contributed by atoms with Gasteiger partial charge in [-0.05, 0) is 30.7 Å². The lowest BCUT2D eigenvalue weighted by atomic mass is 10.1.